The molecule has 1 heterocycles. The third-order valence-corrected chi connectivity index (χ3v) is 6.10. The summed E-state index contributed by atoms with van der Waals surface area (Å²) in [5.74, 6) is 0. The van der Waals surface area contributed by atoms with Gasteiger partial charge in [0, 0.05) is 18.6 Å². The van der Waals surface area contributed by atoms with Crippen molar-refractivity contribution in [1.82, 2.24) is 4.90 Å². The standard InChI is InChI=1S/C23H29N3O2S/c1-4-18(12-17-10-11-29-15-17)25-21-20(22(27)23(21)28)24-14-19(26(2)3)13-16-8-6-5-7-9-16/h5-11,15,18-19,24-25H,4,12-14H2,1-3H3/t18-,19?/m1/s1. The van der Waals surface area contributed by atoms with E-state index in [1.807, 2.05) is 32.3 Å². The lowest BCUT2D eigenvalue weighted by Gasteiger charge is -2.27. The van der Waals surface area contributed by atoms with Crippen molar-refractivity contribution >= 4 is 22.7 Å². The Kier molecular flexibility index (Phi) is 7.23. The Balaban J connectivity index is 1.65. The van der Waals surface area contributed by atoms with Crippen LogP contribution in [0.5, 0.6) is 0 Å². The highest BCUT2D eigenvalue weighted by Crippen LogP contribution is 2.20. The van der Waals surface area contributed by atoms with Gasteiger partial charge in [0.1, 0.15) is 11.4 Å². The molecule has 0 radical (unpaired) electrons. The molecular formula is C23H29N3O2S. The van der Waals surface area contributed by atoms with Gasteiger partial charge in [-0.1, -0.05) is 37.3 Å². The molecule has 5 nitrogen and oxygen atoms in total. The molecule has 2 N–H and O–H groups in total. The Morgan fingerprint density at radius 1 is 0.966 bits per heavy atom. The van der Waals surface area contributed by atoms with E-state index in [4.69, 9.17) is 0 Å². The van der Waals surface area contributed by atoms with Crippen LogP contribution in [0.25, 0.3) is 0 Å². The number of benzene rings is 1. The average Bonchev–Trinajstić information content (AvgIpc) is 3.24. The molecule has 0 aliphatic carbocycles. The number of likely N-dealkylation sites (N-methyl/N-ethyl adjacent to an activating group) is 1. The predicted octanol–water partition coefficient (Wildman–Crippen LogP) is 3.36. The van der Waals surface area contributed by atoms with Gasteiger partial charge in [-0.2, -0.15) is 11.3 Å². The molecule has 3 aromatic rings. The number of nitrogens with zero attached hydrogens (tertiary/aromatic N) is 1. The molecule has 2 aromatic carbocycles. The van der Waals surface area contributed by atoms with E-state index in [-0.39, 0.29) is 12.1 Å². The fourth-order valence-electron chi connectivity index (χ4n) is 3.44. The van der Waals surface area contributed by atoms with E-state index in [0.29, 0.717) is 17.9 Å². The first-order valence-electron chi connectivity index (χ1n) is 10.0. The maximum atomic E-state index is 12.2. The minimum absolute atomic E-state index is 0.127. The molecule has 154 valence electrons. The van der Waals surface area contributed by atoms with Crippen molar-refractivity contribution in [1.29, 1.82) is 0 Å². The average molecular weight is 412 g/mol. The number of anilines is 2. The van der Waals surface area contributed by atoms with Crippen LogP contribution in [0, 0.1) is 0 Å². The maximum absolute atomic E-state index is 12.2. The largest absolute Gasteiger partial charge is 0.378 e. The Morgan fingerprint density at radius 3 is 2.31 bits per heavy atom. The van der Waals surface area contributed by atoms with Crippen LogP contribution in [0.15, 0.2) is 56.7 Å². The molecule has 0 fully saturated rings. The topological polar surface area (TPSA) is 61.4 Å². The molecule has 0 bridgehead atoms. The van der Waals surface area contributed by atoms with E-state index in [1.165, 1.54) is 11.1 Å². The van der Waals surface area contributed by atoms with E-state index in [1.54, 1.807) is 11.3 Å². The third-order valence-electron chi connectivity index (χ3n) is 5.37. The van der Waals surface area contributed by atoms with E-state index in [0.717, 1.165) is 19.3 Å². The summed E-state index contributed by atoms with van der Waals surface area (Å²) in [4.78, 5) is 26.5. The zero-order chi connectivity index (χ0) is 20.8. The minimum Gasteiger partial charge on any atom is -0.378 e. The molecule has 1 aromatic heterocycles. The molecule has 2 atom stereocenters. The monoisotopic (exact) mass is 411 g/mol. The maximum Gasteiger partial charge on any atom is 0.253 e. The normalized spacial score (nSPS) is 13.5. The first-order valence-corrected chi connectivity index (χ1v) is 11.0. The second-order valence-corrected chi connectivity index (χ2v) is 8.46. The molecule has 0 aliphatic rings. The van der Waals surface area contributed by atoms with Gasteiger partial charge in [-0.05, 0) is 61.3 Å². The predicted molar refractivity (Wildman–Crippen MR) is 123 cm³/mol. The van der Waals surface area contributed by atoms with E-state index < -0.39 is 10.9 Å². The molecule has 0 saturated heterocycles. The van der Waals surface area contributed by atoms with Gasteiger partial charge in [0.05, 0.1) is 0 Å². The van der Waals surface area contributed by atoms with Gasteiger partial charge in [-0.15, -0.1) is 0 Å². The van der Waals surface area contributed by atoms with Crippen molar-refractivity contribution in [3.05, 3.63) is 78.7 Å². The van der Waals surface area contributed by atoms with Gasteiger partial charge in [0.25, 0.3) is 10.9 Å². The third kappa shape index (κ3) is 5.34. The van der Waals surface area contributed by atoms with Crippen molar-refractivity contribution in [3.8, 4) is 0 Å². The van der Waals surface area contributed by atoms with Crippen molar-refractivity contribution in [2.45, 2.75) is 38.3 Å². The van der Waals surface area contributed by atoms with Gasteiger partial charge >= 0.3 is 0 Å². The number of hydrogen-bond acceptors (Lipinski definition) is 6. The van der Waals surface area contributed by atoms with Crippen LogP contribution in [-0.4, -0.2) is 37.6 Å². The lowest BCUT2D eigenvalue weighted by atomic mass is 10.0. The molecular weight excluding hydrogens is 382 g/mol. The fraction of sp³-hybridized carbons (Fsp3) is 0.391. The lowest BCUT2D eigenvalue weighted by molar-refractivity contribution is 0.303. The first kappa shape index (κ1) is 21.3. The zero-order valence-electron chi connectivity index (χ0n) is 17.3. The van der Waals surface area contributed by atoms with Crippen LogP contribution in [0.3, 0.4) is 0 Å². The van der Waals surface area contributed by atoms with Gasteiger partial charge in [-0.25, -0.2) is 0 Å². The van der Waals surface area contributed by atoms with Gasteiger partial charge in [0.15, 0.2) is 0 Å². The Labute approximate surface area is 176 Å². The van der Waals surface area contributed by atoms with Crippen LogP contribution in [0.2, 0.25) is 0 Å². The minimum atomic E-state index is -0.421. The van der Waals surface area contributed by atoms with Crippen molar-refractivity contribution < 1.29 is 0 Å². The second kappa shape index (κ2) is 9.85. The summed E-state index contributed by atoms with van der Waals surface area (Å²) < 4.78 is 0. The Bertz CT molecular complexity index is 960. The Hall–Kier alpha value is -2.44. The quantitative estimate of drug-likeness (QED) is 0.474. The molecule has 0 spiro atoms. The van der Waals surface area contributed by atoms with Gasteiger partial charge < -0.3 is 15.5 Å². The summed E-state index contributed by atoms with van der Waals surface area (Å²) in [6.07, 6.45) is 2.59. The van der Waals surface area contributed by atoms with E-state index in [2.05, 4.69) is 51.4 Å². The second-order valence-electron chi connectivity index (χ2n) is 7.68. The molecule has 0 amide bonds. The number of nitrogens with one attached hydrogen (secondary N) is 2. The molecule has 6 heteroatoms. The van der Waals surface area contributed by atoms with Crippen LogP contribution in [-0.2, 0) is 12.8 Å². The van der Waals surface area contributed by atoms with Gasteiger partial charge in [0.2, 0.25) is 0 Å². The summed E-state index contributed by atoms with van der Waals surface area (Å²) in [5, 5.41) is 10.7. The smallest absolute Gasteiger partial charge is 0.253 e. The highest BCUT2D eigenvalue weighted by atomic mass is 32.1. The van der Waals surface area contributed by atoms with Crippen LogP contribution in [0.1, 0.15) is 24.5 Å². The van der Waals surface area contributed by atoms with Gasteiger partial charge in [-0.3, -0.25) is 9.59 Å². The highest BCUT2D eigenvalue weighted by Gasteiger charge is 2.24. The van der Waals surface area contributed by atoms with E-state index in [9.17, 15) is 9.59 Å². The van der Waals surface area contributed by atoms with E-state index >= 15 is 0 Å². The zero-order valence-corrected chi connectivity index (χ0v) is 18.1. The summed E-state index contributed by atoms with van der Waals surface area (Å²) in [5.41, 5.74) is 2.53. The number of thiophene rings is 1. The fourth-order valence-corrected chi connectivity index (χ4v) is 4.12. The van der Waals surface area contributed by atoms with Crippen LogP contribution in [0.4, 0.5) is 11.4 Å². The molecule has 29 heavy (non-hydrogen) atoms. The summed E-state index contributed by atoms with van der Waals surface area (Å²) in [6, 6.07) is 12.7. The summed E-state index contributed by atoms with van der Waals surface area (Å²) in [6.45, 7) is 2.69. The molecule has 0 aliphatic heterocycles. The number of hydrogen-bond donors (Lipinski definition) is 2. The highest BCUT2D eigenvalue weighted by molar-refractivity contribution is 7.07. The lowest BCUT2D eigenvalue weighted by Crippen LogP contribution is -2.43. The Morgan fingerprint density at radius 2 is 1.69 bits per heavy atom. The number of rotatable bonds is 11. The molecule has 0 saturated carbocycles. The molecule has 3 rings (SSSR count). The van der Waals surface area contributed by atoms with Crippen LogP contribution >= 0.6 is 11.3 Å². The summed E-state index contributed by atoms with van der Waals surface area (Å²) in [7, 11) is 4.06. The van der Waals surface area contributed by atoms with Crippen LogP contribution < -0.4 is 21.5 Å². The SMILES string of the molecule is CC[C@H](Cc1ccsc1)Nc1c(NCC(Cc2ccccc2)N(C)C)c(=O)c1=O. The summed E-state index contributed by atoms with van der Waals surface area (Å²) >= 11 is 1.67. The van der Waals surface area contributed by atoms with Crippen molar-refractivity contribution in [2.75, 3.05) is 31.3 Å². The molecule has 1 unspecified atom stereocenters. The first-order chi connectivity index (χ1) is 14.0. The van der Waals surface area contributed by atoms with Crippen molar-refractivity contribution in [3.63, 3.8) is 0 Å². The van der Waals surface area contributed by atoms with Crippen molar-refractivity contribution in [2.24, 2.45) is 0 Å².